The van der Waals surface area contributed by atoms with Crippen LogP contribution in [0.4, 0.5) is 5.69 Å². The van der Waals surface area contributed by atoms with E-state index in [0.717, 1.165) is 37.9 Å². The van der Waals surface area contributed by atoms with Crippen LogP contribution in [0.15, 0.2) is 48.5 Å². The second-order valence-corrected chi connectivity index (χ2v) is 9.77. The third-order valence-electron chi connectivity index (χ3n) is 7.14. The average Bonchev–Trinajstić information content (AvgIpc) is 3.58. The fourth-order valence-corrected chi connectivity index (χ4v) is 5.00. The predicted octanol–water partition coefficient (Wildman–Crippen LogP) is 3.65. The lowest BCUT2D eigenvalue weighted by Crippen LogP contribution is -2.51. The Morgan fingerprint density at radius 2 is 1.86 bits per heavy atom. The molecule has 196 valence electrons. The highest BCUT2D eigenvalue weighted by molar-refractivity contribution is 5.99. The minimum Gasteiger partial charge on any atom is -0.457 e. The van der Waals surface area contributed by atoms with E-state index in [1.165, 1.54) is 5.56 Å². The van der Waals surface area contributed by atoms with Crippen LogP contribution in [0.1, 0.15) is 71.7 Å². The Balaban J connectivity index is 1.34. The molecule has 1 aliphatic heterocycles. The molecular formula is C29H35N3O5. The first-order chi connectivity index (χ1) is 18.0. The monoisotopic (exact) mass is 505 g/mol. The molecule has 8 heteroatoms. The summed E-state index contributed by atoms with van der Waals surface area (Å²) >= 11 is 0. The van der Waals surface area contributed by atoms with Crippen LogP contribution in [-0.4, -0.2) is 48.8 Å². The highest BCUT2D eigenvalue weighted by Crippen LogP contribution is 2.27. The van der Waals surface area contributed by atoms with E-state index in [-0.39, 0.29) is 24.2 Å². The van der Waals surface area contributed by atoms with Gasteiger partial charge >= 0.3 is 5.97 Å². The molecule has 0 aromatic heterocycles. The van der Waals surface area contributed by atoms with Crippen LogP contribution in [0.5, 0.6) is 0 Å². The van der Waals surface area contributed by atoms with Crippen molar-refractivity contribution in [3.63, 3.8) is 0 Å². The summed E-state index contributed by atoms with van der Waals surface area (Å²) in [5, 5.41) is 9.15. The molecule has 0 spiro atoms. The maximum Gasteiger partial charge on any atom is 0.311 e. The van der Waals surface area contributed by atoms with E-state index < -0.39 is 24.0 Å². The van der Waals surface area contributed by atoms with Crippen molar-refractivity contribution < 1.29 is 23.9 Å². The Bertz CT molecular complexity index is 1130. The molecule has 0 unspecified atom stereocenters. The summed E-state index contributed by atoms with van der Waals surface area (Å²) in [6.45, 7) is 2.56. The van der Waals surface area contributed by atoms with Crippen molar-refractivity contribution in [2.24, 2.45) is 5.92 Å². The fraction of sp³-hybridized carbons (Fsp3) is 0.448. The van der Waals surface area contributed by atoms with Crippen molar-refractivity contribution in [2.75, 3.05) is 18.5 Å². The molecule has 1 heterocycles. The van der Waals surface area contributed by atoms with Crippen molar-refractivity contribution >= 4 is 29.3 Å². The molecule has 0 bridgehead atoms. The minimum atomic E-state index is -0.703. The van der Waals surface area contributed by atoms with E-state index in [1.54, 1.807) is 30.3 Å². The lowest BCUT2D eigenvalue weighted by atomic mass is 10.0. The molecule has 1 aliphatic carbocycles. The van der Waals surface area contributed by atoms with Crippen LogP contribution in [-0.2, 0) is 20.7 Å². The minimum absolute atomic E-state index is 0.267. The molecule has 2 aromatic rings. The number of carbonyl (C=O) groups excluding carboxylic acids is 4. The molecule has 2 amide bonds. The smallest absolute Gasteiger partial charge is 0.311 e. The van der Waals surface area contributed by atoms with Crippen molar-refractivity contribution in [1.82, 2.24) is 10.6 Å². The normalized spacial score (nSPS) is 18.8. The van der Waals surface area contributed by atoms with E-state index in [0.29, 0.717) is 30.4 Å². The summed E-state index contributed by atoms with van der Waals surface area (Å²) in [4.78, 5) is 51.3. The Labute approximate surface area is 217 Å². The molecule has 0 radical (unpaired) electrons. The standard InChI is InChI=1S/C29H35N3O5/c1-2-3-11-24(32-27(34)21-14-13-19-15-16-30-25(19)17-21)28(35)31-23-12-7-10-22(23)29(36)37-18-26(33)20-8-5-4-6-9-20/h4-6,8-9,13-14,17,22-24,30H,2-3,7,10-12,15-16,18H2,1H3,(H,31,35)(H,32,34)/t22-,23+,24+/m1/s1. The lowest BCUT2D eigenvalue weighted by molar-refractivity contribution is -0.148. The number of hydrogen-bond acceptors (Lipinski definition) is 6. The van der Waals surface area contributed by atoms with Crippen molar-refractivity contribution in [3.8, 4) is 0 Å². The third kappa shape index (κ3) is 6.76. The molecule has 2 aliphatic rings. The van der Waals surface area contributed by atoms with Gasteiger partial charge in [0, 0.05) is 29.4 Å². The second-order valence-electron chi connectivity index (χ2n) is 9.77. The van der Waals surface area contributed by atoms with Gasteiger partial charge in [0.1, 0.15) is 6.04 Å². The molecule has 37 heavy (non-hydrogen) atoms. The third-order valence-corrected chi connectivity index (χ3v) is 7.14. The number of nitrogens with one attached hydrogen (secondary N) is 3. The number of ether oxygens (including phenoxy) is 1. The highest BCUT2D eigenvalue weighted by atomic mass is 16.5. The van der Waals surface area contributed by atoms with Gasteiger partial charge in [-0.15, -0.1) is 0 Å². The molecular weight excluding hydrogens is 470 g/mol. The van der Waals surface area contributed by atoms with Gasteiger partial charge in [0.2, 0.25) is 5.91 Å². The predicted molar refractivity (Wildman–Crippen MR) is 140 cm³/mol. The van der Waals surface area contributed by atoms with E-state index in [2.05, 4.69) is 16.0 Å². The molecule has 1 saturated carbocycles. The van der Waals surface area contributed by atoms with Crippen LogP contribution in [0, 0.1) is 5.92 Å². The number of amides is 2. The number of benzene rings is 2. The molecule has 1 fully saturated rings. The Kier molecular flexibility index (Phi) is 8.93. The Morgan fingerprint density at radius 3 is 2.65 bits per heavy atom. The SMILES string of the molecule is CCCC[C@H](NC(=O)c1ccc2c(c1)NCC2)C(=O)N[C@H]1CCC[C@H]1C(=O)OCC(=O)c1ccccc1. The van der Waals surface area contributed by atoms with Crippen molar-refractivity contribution in [2.45, 2.75) is 64.0 Å². The number of fused-ring (bicyclic) bond motifs is 1. The first-order valence-corrected chi connectivity index (χ1v) is 13.2. The van der Waals surface area contributed by atoms with Gasteiger partial charge in [0.25, 0.3) is 5.91 Å². The van der Waals surface area contributed by atoms with Gasteiger partial charge in [0.05, 0.1) is 5.92 Å². The van der Waals surface area contributed by atoms with Crippen LogP contribution in [0.3, 0.4) is 0 Å². The summed E-state index contributed by atoms with van der Waals surface area (Å²) in [6, 6.07) is 13.2. The van der Waals surface area contributed by atoms with E-state index >= 15 is 0 Å². The number of carbonyl (C=O) groups is 4. The zero-order valence-corrected chi connectivity index (χ0v) is 21.3. The summed E-state index contributed by atoms with van der Waals surface area (Å²) in [7, 11) is 0. The first kappa shape index (κ1) is 26.4. The summed E-state index contributed by atoms with van der Waals surface area (Å²) in [5.74, 6) is -1.86. The largest absolute Gasteiger partial charge is 0.457 e. The Morgan fingerprint density at radius 1 is 1.05 bits per heavy atom. The van der Waals surface area contributed by atoms with Gasteiger partial charge < -0.3 is 20.7 Å². The number of hydrogen-bond donors (Lipinski definition) is 3. The molecule has 3 N–H and O–H groups in total. The number of esters is 1. The van der Waals surface area contributed by atoms with Gasteiger partial charge in [-0.2, -0.15) is 0 Å². The van der Waals surface area contributed by atoms with Gasteiger partial charge in [-0.05, 0) is 43.4 Å². The zero-order valence-electron chi connectivity index (χ0n) is 21.3. The van der Waals surface area contributed by atoms with Gasteiger partial charge in [-0.3, -0.25) is 19.2 Å². The summed E-state index contributed by atoms with van der Waals surface area (Å²) in [5.41, 5.74) is 3.13. The molecule has 2 aromatic carbocycles. The van der Waals surface area contributed by atoms with Crippen LogP contribution in [0.2, 0.25) is 0 Å². The second kappa shape index (κ2) is 12.5. The number of rotatable bonds is 11. The van der Waals surface area contributed by atoms with Crippen molar-refractivity contribution in [3.05, 3.63) is 65.2 Å². The number of ketones is 1. The summed E-state index contributed by atoms with van der Waals surface area (Å²) < 4.78 is 5.32. The molecule has 3 atom stereocenters. The summed E-state index contributed by atoms with van der Waals surface area (Å²) in [6.07, 6.45) is 5.10. The molecule has 0 saturated heterocycles. The fourth-order valence-electron chi connectivity index (χ4n) is 5.00. The van der Waals surface area contributed by atoms with E-state index in [4.69, 9.17) is 4.74 Å². The average molecular weight is 506 g/mol. The number of anilines is 1. The first-order valence-electron chi connectivity index (χ1n) is 13.2. The van der Waals surface area contributed by atoms with Gasteiger partial charge in [-0.1, -0.05) is 62.6 Å². The van der Waals surface area contributed by atoms with Crippen LogP contribution in [0.25, 0.3) is 0 Å². The number of unbranched alkanes of at least 4 members (excludes halogenated alkanes) is 1. The van der Waals surface area contributed by atoms with Crippen LogP contribution < -0.4 is 16.0 Å². The topological polar surface area (TPSA) is 114 Å². The Hall–Kier alpha value is -3.68. The molecule has 4 rings (SSSR count). The van der Waals surface area contributed by atoms with Gasteiger partial charge in [-0.25, -0.2) is 0 Å². The number of Topliss-reactive ketones (excluding diaryl/α,β-unsaturated/α-hetero) is 1. The lowest BCUT2D eigenvalue weighted by Gasteiger charge is -2.24. The quantitative estimate of drug-likeness (QED) is 0.317. The zero-order chi connectivity index (χ0) is 26.2. The van der Waals surface area contributed by atoms with Crippen molar-refractivity contribution in [1.29, 1.82) is 0 Å². The maximum absolute atomic E-state index is 13.2. The molecule has 8 nitrogen and oxygen atoms in total. The highest BCUT2D eigenvalue weighted by Gasteiger charge is 2.37. The maximum atomic E-state index is 13.2. The van der Waals surface area contributed by atoms with Crippen LogP contribution >= 0.6 is 0 Å². The van der Waals surface area contributed by atoms with E-state index in [9.17, 15) is 19.2 Å². The van der Waals surface area contributed by atoms with E-state index in [1.807, 2.05) is 25.1 Å². The van der Waals surface area contributed by atoms with Gasteiger partial charge in [0.15, 0.2) is 12.4 Å².